The Morgan fingerprint density at radius 3 is 2.34 bits per heavy atom. The summed E-state index contributed by atoms with van der Waals surface area (Å²) in [6.45, 7) is 0. The molecule has 7 nitrogen and oxygen atoms in total. The lowest BCUT2D eigenvalue weighted by atomic mass is 10.1. The van der Waals surface area contributed by atoms with Gasteiger partial charge in [-0.2, -0.15) is 5.26 Å². The molecule has 0 bridgehead atoms. The summed E-state index contributed by atoms with van der Waals surface area (Å²) in [7, 11) is 4.66. The standard InChI is InChI=1S/C28H22N4O3S3/c1-33-22-13-20(14-23(34-2)25(22)35-3)24-21(15-29)26(38-28-30-10-11-36-28)32-27(31-24)37-16-17-8-9-18-6-4-5-7-19(18)12-17/h4-14H,16H2,1-3H3. The fraction of sp³-hybridized carbons (Fsp3) is 0.143. The van der Waals surface area contributed by atoms with Gasteiger partial charge in [0, 0.05) is 22.9 Å². The maximum absolute atomic E-state index is 10.2. The summed E-state index contributed by atoms with van der Waals surface area (Å²) in [6, 6.07) is 20.6. The van der Waals surface area contributed by atoms with Crippen LogP contribution in [-0.4, -0.2) is 36.3 Å². The maximum atomic E-state index is 10.2. The molecule has 0 aliphatic carbocycles. The van der Waals surface area contributed by atoms with E-state index in [1.54, 1.807) is 39.7 Å². The highest BCUT2D eigenvalue weighted by atomic mass is 32.2. The van der Waals surface area contributed by atoms with Crippen molar-refractivity contribution in [1.29, 1.82) is 5.26 Å². The van der Waals surface area contributed by atoms with Crippen LogP contribution in [0.5, 0.6) is 17.2 Å². The van der Waals surface area contributed by atoms with E-state index in [9.17, 15) is 5.26 Å². The monoisotopic (exact) mass is 558 g/mol. The second-order valence-electron chi connectivity index (χ2n) is 7.93. The van der Waals surface area contributed by atoms with Crippen LogP contribution in [0.4, 0.5) is 0 Å². The van der Waals surface area contributed by atoms with Gasteiger partial charge in [-0.05, 0) is 40.2 Å². The van der Waals surface area contributed by atoms with Crippen LogP contribution < -0.4 is 14.2 Å². The highest BCUT2D eigenvalue weighted by Crippen LogP contribution is 2.43. The van der Waals surface area contributed by atoms with E-state index in [1.807, 2.05) is 17.5 Å². The van der Waals surface area contributed by atoms with E-state index in [1.165, 1.54) is 45.6 Å². The van der Waals surface area contributed by atoms with Crippen molar-refractivity contribution in [2.45, 2.75) is 20.3 Å². The first kappa shape index (κ1) is 25.9. The number of methoxy groups -OCH3 is 3. The topological polar surface area (TPSA) is 90.2 Å². The van der Waals surface area contributed by atoms with Gasteiger partial charge in [-0.3, -0.25) is 0 Å². The zero-order chi connectivity index (χ0) is 26.5. The maximum Gasteiger partial charge on any atom is 0.203 e. The average molecular weight is 559 g/mol. The number of nitrogens with zero attached hydrogens (tertiary/aromatic N) is 4. The third-order valence-corrected chi connectivity index (χ3v) is 8.47. The number of hydrogen-bond donors (Lipinski definition) is 0. The van der Waals surface area contributed by atoms with Crippen LogP contribution in [0.1, 0.15) is 11.1 Å². The molecule has 3 aromatic carbocycles. The van der Waals surface area contributed by atoms with Crippen molar-refractivity contribution in [2.24, 2.45) is 0 Å². The summed E-state index contributed by atoms with van der Waals surface area (Å²) >= 11 is 4.36. The Balaban J connectivity index is 1.58. The lowest BCUT2D eigenvalue weighted by Gasteiger charge is -2.15. The molecule has 0 aliphatic heterocycles. The molecule has 0 saturated carbocycles. The molecule has 0 N–H and O–H groups in total. The minimum Gasteiger partial charge on any atom is -0.493 e. The van der Waals surface area contributed by atoms with E-state index >= 15 is 0 Å². The summed E-state index contributed by atoms with van der Waals surface area (Å²) in [4.78, 5) is 14.0. The smallest absolute Gasteiger partial charge is 0.203 e. The number of rotatable bonds is 9. The zero-order valence-corrected chi connectivity index (χ0v) is 23.2. The number of thioether (sulfide) groups is 1. The second-order valence-corrected chi connectivity index (χ2v) is 11.0. The zero-order valence-electron chi connectivity index (χ0n) is 20.8. The molecule has 0 radical (unpaired) electrons. The lowest BCUT2D eigenvalue weighted by molar-refractivity contribution is 0.324. The summed E-state index contributed by atoms with van der Waals surface area (Å²) in [5.74, 6) is 2.09. The summed E-state index contributed by atoms with van der Waals surface area (Å²) in [6.07, 6.45) is 1.73. The molecule has 38 heavy (non-hydrogen) atoms. The summed E-state index contributed by atoms with van der Waals surface area (Å²) in [5, 5.41) is 15.6. The normalized spacial score (nSPS) is 10.8. The van der Waals surface area contributed by atoms with E-state index < -0.39 is 0 Å². The van der Waals surface area contributed by atoms with Crippen molar-refractivity contribution in [3.05, 3.63) is 77.3 Å². The van der Waals surface area contributed by atoms with E-state index in [-0.39, 0.29) is 0 Å². The number of aromatic nitrogens is 3. The van der Waals surface area contributed by atoms with Gasteiger partial charge in [-0.1, -0.05) is 54.2 Å². The van der Waals surface area contributed by atoms with Crippen molar-refractivity contribution in [3.63, 3.8) is 0 Å². The molecule has 10 heteroatoms. The van der Waals surface area contributed by atoms with Crippen LogP contribution in [-0.2, 0) is 5.75 Å². The molecule has 5 aromatic rings. The first-order valence-electron chi connectivity index (χ1n) is 11.4. The van der Waals surface area contributed by atoms with E-state index in [4.69, 9.17) is 24.2 Å². The molecule has 0 saturated heterocycles. The molecule has 5 rings (SSSR count). The quantitative estimate of drug-likeness (QED) is 0.107. The fourth-order valence-corrected chi connectivity index (χ4v) is 6.36. The van der Waals surface area contributed by atoms with Crippen molar-refractivity contribution in [3.8, 4) is 34.6 Å². The molecule has 0 atom stereocenters. The average Bonchev–Trinajstić information content (AvgIpc) is 3.48. The Hall–Kier alpha value is -3.78. The van der Waals surface area contributed by atoms with E-state index in [0.29, 0.717) is 50.0 Å². The van der Waals surface area contributed by atoms with Crippen LogP contribution in [0.3, 0.4) is 0 Å². The minimum atomic E-state index is 0.356. The largest absolute Gasteiger partial charge is 0.493 e. The number of fused-ring (bicyclic) bond motifs is 1. The van der Waals surface area contributed by atoms with E-state index in [2.05, 4.69) is 41.4 Å². The summed E-state index contributed by atoms with van der Waals surface area (Å²) < 4.78 is 17.4. The molecule has 190 valence electrons. The number of hydrogen-bond acceptors (Lipinski definition) is 10. The van der Waals surface area contributed by atoms with Crippen molar-refractivity contribution >= 4 is 45.6 Å². The highest BCUT2D eigenvalue weighted by Gasteiger charge is 2.22. The Morgan fingerprint density at radius 1 is 0.921 bits per heavy atom. The van der Waals surface area contributed by atoms with E-state index in [0.717, 1.165) is 9.90 Å². The first-order valence-corrected chi connectivity index (χ1v) is 14.1. The van der Waals surface area contributed by atoms with Crippen molar-refractivity contribution in [2.75, 3.05) is 21.3 Å². The molecular formula is C28H22N4O3S3. The Labute approximate surface area is 232 Å². The molecule has 0 amide bonds. The molecule has 0 unspecified atom stereocenters. The fourth-order valence-electron chi connectivity index (χ4n) is 3.91. The van der Waals surface area contributed by atoms with Gasteiger partial charge in [0.05, 0.1) is 27.0 Å². The Bertz CT molecular complexity index is 1610. The van der Waals surface area contributed by atoms with Gasteiger partial charge >= 0.3 is 0 Å². The molecule has 0 spiro atoms. The van der Waals surface area contributed by atoms with Gasteiger partial charge in [0.15, 0.2) is 21.0 Å². The van der Waals surface area contributed by atoms with Crippen LogP contribution in [0.25, 0.3) is 22.0 Å². The van der Waals surface area contributed by atoms with Crippen molar-refractivity contribution in [1.82, 2.24) is 15.0 Å². The molecule has 0 aliphatic rings. The highest BCUT2D eigenvalue weighted by molar-refractivity contribution is 8.01. The molecular weight excluding hydrogens is 537 g/mol. The van der Waals surface area contributed by atoms with Gasteiger partial charge in [0.25, 0.3) is 0 Å². The molecule has 0 fully saturated rings. The molecule has 2 aromatic heterocycles. The van der Waals surface area contributed by atoms with Crippen LogP contribution >= 0.6 is 34.9 Å². The third kappa shape index (κ3) is 5.41. The van der Waals surface area contributed by atoms with Gasteiger partial charge in [0.2, 0.25) is 5.75 Å². The number of benzene rings is 3. The number of thiazole rings is 1. The predicted octanol–water partition coefficient (Wildman–Crippen LogP) is 7.09. The third-order valence-electron chi connectivity index (χ3n) is 5.68. The SMILES string of the molecule is COc1cc(-c2nc(SCc3ccc4ccccc4c3)nc(Sc3nccs3)c2C#N)cc(OC)c1OC. The van der Waals surface area contributed by atoms with Crippen LogP contribution in [0.15, 0.2) is 80.7 Å². The Kier molecular flexibility index (Phi) is 7.98. The molecule has 2 heterocycles. The predicted molar refractivity (Wildman–Crippen MR) is 152 cm³/mol. The Morgan fingerprint density at radius 2 is 1.68 bits per heavy atom. The first-order chi connectivity index (χ1) is 18.6. The van der Waals surface area contributed by atoms with Crippen LogP contribution in [0.2, 0.25) is 0 Å². The summed E-state index contributed by atoms with van der Waals surface area (Å²) in [5.41, 5.74) is 2.66. The number of ether oxygens (including phenoxy) is 3. The second kappa shape index (κ2) is 11.7. The van der Waals surface area contributed by atoms with Gasteiger partial charge < -0.3 is 14.2 Å². The van der Waals surface area contributed by atoms with Gasteiger partial charge in [0.1, 0.15) is 16.7 Å². The van der Waals surface area contributed by atoms with Gasteiger partial charge in [-0.25, -0.2) is 15.0 Å². The van der Waals surface area contributed by atoms with Gasteiger partial charge in [-0.15, -0.1) is 11.3 Å². The number of nitriles is 1. The minimum absolute atomic E-state index is 0.356. The van der Waals surface area contributed by atoms with Crippen LogP contribution in [0, 0.1) is 11.3 Å². The lowest BCUT2D eigenvalue weighted by Crippen LogP contribution is -2.01. The van der Waals surface area contributed by atoms with Crippen molar-refractivity contribution < 1.29 is 14.2 Å².